The summed E-state index contributed by atoms with van der Waals surface area (Å²) < 4.78 is 13.1. The molecule has 0 radical (unpaired) electrons. The van der Waals surface area contributed by atoms with Crippen LogP contribution in [0.2, 0.25) is 0 Å². The Kier molecular flexibility index (Phi) is 6.94. The molecule has 8 rings (SSSR count). The summed E-state index contributed by atoms with van der Waals surface area (Å²) >= 11 is 0. The fraction of sp³-hybridized carbons (Fsp3) is 0.125. The third-order valence-corrected chi connectivity index (χ3v) is 9.46. The number of hydrogen-bond donors (Lipinski definition) is 1. The SMILES string of the molecule is NC(=O)[C@@H](C(=O)OCC1c2ccccc2-c2ccccc21)c1cn(C(=O)OCC2c3ccccc3-c3ccccc32)c2ccccc12. The van der Waals surface area contributed by atoms with Gasteiger partial charge in [0.2, 0.25) is 5.91 Å². The second-order valence-electron chi connectivity index (χ2n) is 12.0. The molecule has 230 valence electrons. The average molecular weight is 619 g/mol. The molecule has 2 aliphatic carbocycles. The van der Waals surface area contributed by atoms with Crippen LogP contribution in [0.15, 0.2) is 128 Å². The zero-order valence-corrected chi connectivity index (χ0v) is 25.3. The van der Waals surface area contributed by atoms with Crippen molar-refractivity contribution in [3.8, 4) is 22.3 Å². The molecule has 1 amide bonds. The molecule has 0 fully saturated rings. The van der Waals surface area contributed by atoms with Gasteiger partial charge in [0, 0.05) is 29.0 Å². The molecule has 0 aliphatic heterocycles. The minimum Gasteiger partial charge on any atom is -0.464 e. The minimum atomic E-state index is -1.42. The molecule has 6 aromatic rings. The average Bonchev–Trinajstić information content (AvgIpc) is 3.75. The molecule has 7 nitrogen and oxygen atoms in total. The summed E-state index contributed by atoms with van der Waals surface area (Å²) in [5.41, 5.74) is 15.4. The predicted octanol–water partition coefficient (Wildman–Crippen LogP) is 7.36. The molecule has 1 atom stereocenters. The molecule has 7 heteroatoms. The van der Waals surface area contributed by atoms with Gasteiger partial charge in [-0.15, -0.1) is 0 Å². The third-order valence-electron chi connectivity index (χ3n) is 9.46. The van der Waals surface area contributed by atoms with Crippen molar-refractivity contribution >= 4 is 28.9 Å². The molecule has 47 heavy (non-hydrogen) atoms. The maximum Gasteiger partial charge on any atom is 0.418 e. The van der Waals surface area contributed by atoms with Crippen molar-refractivity contribution in [1.29, 1.82) is 0 Å². The first-order valence-corrected chi connectivity index (χ1v) is 15.6. The van der Waals surface area contributed by atoms with Crippen LogP contribution in [0.1, 0.15) is 45.6 Å². The Labute approximate surface area is 271 Å². The van der Waals surface area contributed by atoms with Gasteiger partial charge in [0.1, 0.15) is 13.2 Å². The van der Waals surface area contributed by atoms with E-state index >= 15 is 0 Å². The van der Waals surface area contributed by atoms with E-state index in [9.17, 15) is 14.4 Å². The number of carbonyl (C=O) groups is 3. The summed E-state index contributed by atoms with van der Waals surface area (Å²) in [4.78, 5) is 40.2. The van der Waals surface area contributed by atoms with Crippen molar-refractivity contribution in [3.05, 3.63) is 155 Å². The van der Waals surface area contributed by atoms with E-state index in [1.807, 2.05) is 60.7 Å². The van der Waals surface area contributed by atoms with E-state index in [0.717, 1.165) is 44.5 Å². The second kappa shape index (κ2) is 11.4. The Morgan fingerprint density at radius 2 is 1.02 bits per heavy atom. The topological polar surface area (TPSA) is 101 Å². The largest absolute Gasteiger partial charge is 0.464 e. The Balaban J connectivity index is 1.06. The number of nitrogens with zero attached hydrogens (tertiary/aromatic N) is 1. The van der Waals surface area contributed by atoms with Crippen molar-refractivity contribution < 1.29 is 23.9 Å². The quantitative estimate of drug-likeness (QED) is 0.149. The number of aromatic nitrogens is 1. The van der Waals surface area contributed by atoms with Crippen LogP contribution >= 0.6 is 0 Å². The minimum absolute atomic E-state index is 0.0433. The monoisotopic (exact) mass is 618 g/mol. The number of fused-ring (bicyclic) bond motifs is 7. The van der Waals surface area contributed by atoms with E-state index in [-0.39, 0.29) is 25.0 Å². The smallest absolute Gasteiger partial charge is 0.418 e. The highest BCUT2D eigenvalue weighted by molar-refractivity contribution is 6.07. The van der Waals surface area contributed by atoms with Crippen LogP contribution in [0.5, 0.6) is 0 Å². The van der Waals surface area contributed by atoms with Gasteiger partial charge < -0.3 is 15.2 Å². The van der Waals surface area contributed by atoms with E-state index in [0.29, 0.717) is 16.5 Å². The highest BCUT2D eigenvalue weighted by Crippen LogP contribution is 2.46. The van der Waals surface area contributed by atoms with Gasteiger partial charge >= 0.3 is 12.1 Å². The molecular weight excluding hydrogens is 588 g/mol. The van der Waals surface area contributed by atoms with E-state index in [1.54, 1.807) is 24.3 Å². The Bertz CT molecular complexity index is 2130. The van der Waals surface area contributed by atoms with Gasteiger partial charge in [0.15, 0.2) is 5.92 Å². The number of benzene rings is 5. The molecule has 0 bridgehead atoms. The number of ether oxygens (including phenoxy) is 2. The van der Waals surface area contributed by atoms with Gasteiger partial charge in [0.25, 0.3) is 0 Å². The number of nitrogens with two attached hydrogens (primary N) is 1. The zero-order chi connectivity index (χ0) is 32.1. The van der Waals surface area contributed by atoms with Crippen molar-refractivity contribution in [2.24, 2.45) is 5.73 Å². The zero-order valence-electron chi connectivity index (χ0n) is 25.3. The third kappa shape index (κ3) is 4.70. The second-order valence-corrected chi connectivity index (χ2v) is 12.0. The van der Waals surface area contributed by atoms with Gasteiger partial charge in [0.05, 0.1) is 5.52 Å². The molecule has 1 aromatic heterocycles. The molecule has 2 N–H and O–H groups in total. The summed E-state index contributed by atoms with van der Waals surface area (Å²) in [5, 5.41) is 0.540. The van der Waals surface area contributed by atoms with Crippen molar-refractivity contribution in [1.82, 2.24) is 4.57 Å². The lowest BCUT2D eigenvalue weighted by atomic mass is 9.96. The highest BCUT2D eigenvalue weighted by atomic mass is 16.6. The fourth-order valence-corrected chi connectivity index (χ4v) is 7.34. The Morgan fingerprint density at radius 3 is 1.51 bits per heavy atom. The van der Waals surface area contributed by atoms with Crippen LogP contribution in [-0.4, -0.2) is 35.8 Å². The van der Waals surface area contributed by atoms with Crippen LogP contribution in [-0.2, 0) is 19.1 Å². The number of primary amides is 1. The summed E-state index contributed by atoms with van der Waals surface area (Å²) in [7, 11) is 0. The standard InChI is InChI=1S/C40H30N2O5/c41-38(43)37(39(44)46-22-34-28-15-5-1-11-24(28)25-12-2-6-16-29(25)34)33-21-42(36-20-10-9-19-32(33)36)40(45)47-23-35-30-17-7-3-13-26(30)27-14-4-8-18-31(27)35/h1-21,34-35,37H,22-23H2,(H2,41,43)/t37-/m0/s1. The summed E-state index contributed by atoms with van der Waals surface area (Å²) in [5.74, 6) is -3.35. The fourth-order valence-electron chi connectivity index (χ4n) is 7.34. The van der Waals surface area contributed by atoms with Gasteiger partial charge in [-0.05, 0) is 50.6 Å². The summed E-state index contributed by atoms with van der Waals surface area (Å²) in [6, 6.07) is 39.4. The van der Waals surface area contributed by atoms with Crippen molar-refractivity contribution in [2.45, 2.75) is 17.8 Å². The first-order chi connectivity index (χ1) is 23.0. The number of para-hydroxylation sites is 1. The van der Waals surface area contributed by atoms with Crippen LogP contribution in [0, 0.1) is 0 Å². The lowest BCUT2D eigenvalue weighted by Gasteiger charge is -2.17. The first-order valence-electron chi connectivity index (χ1n) is 15.6. The number of hydrogen-bond acceptors (Lipinski definition) is 5. The Morgan fingerprint density at radius 1 is 0.596 bits per heavy atom. The van der Waals surface area contributed by atoms with E-state index in [4.69, 9.17) is 15.2 Å². The van der Waals surface area contributed by atoms with Gasteiger partial charge in [-0.25, -0.2) is 4.79 Å². The molecule has 2 aliphatic rings. The van der Waals surface area contributed by atoms with E-state index in [1.165, 1.54) is 10.8 Å². The molecule has 1 heterocycles. The van der Waals surface area contributed by atoms with E-state index in [2.05, 4.69) is 36.4 Å². The lowest BCUT2D eigenvalue weighted by molar-refractivity contribution is -0.148. The van der Waals surface area contributed by atoms with Crippen LogP contribution in [0.3, 0.4) is 0 Å². The molecule has 0 saturated heterocycles. The van der Waals surface area contributed by atoms with Crippen LogP contribution in [0.25, 0.3) is 33.2 Å². The predicted molar refractivity (Wildman–Crippen MR) is 179 cm³/mol. The molecular formula is C40H30N2O5. The van der Waals surface area contributed by atoms with Gasteiger partial charge in [-0.3, -0.25) is 14.2 Å². The normalized spacial score (nSPS) is 13.8. The van der Waals surface area contributed by atoms with Gasteiger partial charge in [-0.1, -0.05) is 115 Å². The van der Waals surface area contributed by atoms with Crippen LogP contribution in [0.4, 0.5) is 4.79 Å². The lowest BCUT2D eigenvalue weighted by Crippen LogP contribution is -2.30. The summed E-state index contributed by atoms with van der Waals surface area (Å²) in [6.07, 6.45) is 0.852. The maximum absolute atomic E-state index is 13.7. The van der Waals surface area contributed by atoms with Crippen LogP contribution < -0.4 is 5.73 Å². The highest BCUT2D eigenvalue weighted by Gasteiger charge is 2.35. The van der Waals surface area contributed by atoms with E-state index < -0.39 is 23.9 Å². The molecule has 0 spiro atoms. The number of rotatable bonds is 7. The van der Waals surface area contributed by atoms with Crippen molar-refractivity contribution in [2.75, 3.05) is 13.2 Å². The molecule has 0 unspecified atom stereocenters. The molecule has 5 aromatic carbocycles. The maximum atomic E-state index is 13.7. The summed E-state index contributed by atoms with van der Waals surface area (Å²) in [6.45, 7) is 0.169. The number of esters is 1. The first kappa shape index (κ1) is 28.5. The number of amides is 1. The molecule has 0 saturated carbocycles. The Hall–Kier alpha value is -5.95. The van der Waals surface area contributed by atoms with Crippen molar-refractivity contribution in [3.63, 3.8) is 0 Å². The van der Waals surface area contributed by atoms with Gasteiger partial charge in [-0.2, -0.15) is 0 Å². The number of carbonyl (C=O) groups excluding carboxylic acids is 3.